The molecule has 6 heteroatoms. The summed E-state index contributed by atoms with van der Waals surface area (Å²) >= 11 is 6.22. The standard InChI is InChI=1S/C25H22ClNO4/c1-15-10-11-16(22(26)12-15)13-23(24(28)29)27-25(30)31-14-21-19-8-4-2-6-17(19)18-7-3-5-9-20(18)21/h2-12,21,23H,13-14H2,1H3,(H,27,30)(H,28,29). The number of benzene rings is 3. The van der Waals surface area contributed by atoms with E-state index in [0.717, 1.165) is 27.8 Å². The van der Waals surface area contributed by atoms with Crippen molar-refractivity contribution in [3.05, 3.63) is 94.0 Å². The van der Waals surface area contributed by atoms with Crippen molar-refractivity contribution in [1.29, 1.82) is 0 Å². The molecule has 0 bridgehead atoms. The normalized spacial score (nSPS) is 13.2. The van der Waals surface area contributed by atoms with Crippen LogP contribution in [0.1, 0.15) is 28.2 Å². The predicted molar refractivity (Wildman–Crippen MR) is 120 cm³/mol. The van der Waals surface area contributed by atoms with E-state index in [1.165, 1.54) is 0 Å². The second-order valence-corrected chi connectivity index (χ2v) is 8.07. The lowest BCUT2D eigenvalue weighted by Crippen LogP contribution is -2.43. The maximum absolute atomic E-state index is 12.4. The molecule has 3 aromatic carbocycles. The number of carbonyl (C=O) groups is 2. The van der Waals surface area contributed by atoms with Gasteiger partial charge in [-0.05, 0) is 46.4 Å². The SMILES string of the molecule is Cc1ccc(CC(NC(=O)OCC2c3ccccc3-c3ccccc32)C(=O)O)c(Cl)c1. The highest BCUT2D eigenvalue weighted by atomic mass is 35.5. The van der Waals surface area contributed by atoms with E-state index in [1.807, 2.05) is 49.4 Å². The average Bonchev–Trinajstić information content (AvgIpc) is 3.07. The lowest BCUT2D eigenvalue weighted by atomic mass is 9.98. The third-order valence-electron chi connectivity index (χ3n) is 5.57. The summed E-state index contributed by atoms with van der Waals surface area (Å²) in [7, 11) is 0. The summed E-state index contributed by atoms with van der Waals surface area (Å²) in [6.07, 6.45) is -0.698. The number of hydrogen-bond acceptors (Lipinski definition) is 3. The van der Waals surface area contributed by atoms with E-state index in [1.54, 1.807) is 12.1 Å². The second kappa shape index (κ2) is 8.82. The molecule has 1 unspecified atom stereocenters. The van der Waals surface area contributed by atoms with Crippen molar-refractivity contribution in [2.45, 2.75) is 25.3 Å². The van der Waals surface area contributed by atoms with Gasteiger partial charge in [-0.3, -0.25) is 0 Å². The Morgan fingerprint density at radius 2 is 1.65 bits per heavy atom. The van der Waals surface area contributed by atoms with Crippen molar-refractivity contribution < 1.29 is 19.4 Å². The average molecular weight is 436 g/mol. The number of hydrogen-bond donors (Lipinski definition) is 2. The Bertz CT molecular complexity index is 1100. The highest BCUT2D eigenvalue weighted by Gasteiger charge is 2.30. The number of carboxylic acid groups (broad SMARTS) is 1. The van der Waals surface area contributed by atoms with Gasteiger partial charge in [-0.15, -0.1) is 0 Å². The Labute approximate surface area is 185 Å². The first kappa shape index (κ1) is 20.9. The Hall–Kier alpha value is -3.31. The van der Waals surface area contributed by atoms with Crippen LogP contribution >= 0.6 is 11.6 Å². The summed E-state index contributed by atoms with van der Waals surface area (Å²) in [5.41, 5.74) is 6.08. The Kier molecular flexibility index (Phi) is 5.96. The highest BCUT2D eigenvalue weighted by molar-refractivity contribution is 6.31. The molecule has 0 saturated carbocycles. The molecule has 1 aliphatic rings. The van der Waals surface area contributed by atoms with Crippen LogP contribution in [0.4, 0.5) is 4.79 Å². The summed E-state index contributed by atoms with van der Waals surface area (Å²) in [4.78, 5) is 24.1. The molecule has 0 spiro atoms. The number of ether oxygens (including phenoxy) is 1. The van der Waals surface area contributed by atoms with Crippen LogP contribution in [0.25, 0.3) is 11.1 Å². The zero-order valence-corrected chi connectivity index (χ0v) is 17.7. The number of carbonyl (C=O) groups excluding carboxylic acids is 1. The van der Waals surface area contributed by atoms with Gasteiger partial charge in [0.25, 0.3) is 0 Å². The van der Waals surface area contributed by atoms with Gasteiger partial charge in [-0.1, -0.05) is 72.3 Å². The van der Waals surface area contributed by atoms with Crippen molar-refractivity contribution in [3.63, 3.8) is 0 Å². The smallest absolute Gasteiger partial charge is 0.407 e. The molecule has 5 nitrogen and oxygen atoms in total. The first-order chi connectivity index (χ1) is 14.9. The van der Waals surface area contributed by atoms with E-state index >= 15 is 0 Å². The van der Waals surface area contributed by atoms with Crippen molar-refractivity contribution in [3.8, 4) is 11.1 Å². The van der Waals surface area contributed by atoms with E-state index in [0.29, 0.717) is 10.6 Å². The quantitative estimate of drug-likeness (QED) is 0.559. The van der Waals surface area contributed by atoms with Crippen LogP contribution < -0.4 is 5.32 Å². The fraction of sp³-hybridized carbons (Fsp3) is 0.200. The van der Waals surface area contributed by atoms with E-state index in [-0.39, 0.29) is 18.9 Å². The molecule has 0 saturated heterocycles. The first-order valence-electron chi connectivity index (χ1n) is 10.0. The van der Waals surface area contributed by atoms with Crippen LogP contribution in [0.3, 0.4) is 0 Å². The Morgan fingerprint density at radius 1 is 1.03 bits per heavy atom. The molecule has 0 aliphatic heterocycles. The van der Waals surface area contributed by atoms with Gasteiger partial charge < -0.3 is 15.2 Å². The summed E-state index contributed by atoms with van der Waals surface area (Å²) in [6, 6.07) is 20.3. The van der Waals surface area contributed by atoms with E-state index in [2.05, 4.69) is 17.4 Å². The number of aryl methyl sites for hydroxylation is 1. The van der Waals surface area contributed by atoms with Crippen LogP contribution in [-0.4, -0.2) is 29.8 Å². The first-order valence-corrected chi connectivity index (χ1v) is 10.4. The van der Waals surface area contributed by atoms with E-state index < -0.39 is 18.1 Å². The highest BCUT2D eigenvalue weighted by Crippen LogP contribution is 2.44. The number of nitrogens with one attached hydrogen (secondary N) is 1. The molecule has 3 aromatic rings. The minimum absolute atomic E-state index is 0.0681. The van der Waals surface area contributed by atoms with Crippen LogP contribution in [0.2, 0.25) is 5.02 Å². The summed E-state index contributed by atoms with van der Waals surface area (Å²) in [6.45, 7) is 2.02. The predicted octanol–water partition coefficient (Wildman–Crippen LogP) is 5.18. The molecule has 0 aromatic heterocycles. The molecule has 1 amide bonds. The zero-order valence-electron chi connectivity index (χ0n) is 17.0. The fourth-order valence-corrected chi connectivity index (χ4v) is 4.33. The molecule has 0 heterocycles. The molecule has 4 rings (SSSR count). The van der Waals surface area contributed by atoms with Crippen LogP contribution in [0.5, 0.6) is 0 Å². The van der Waals surface area contributed by atoms with Crippen LogP contribution in [0.15, 0.2) is 66.7 Å². The lowest BCUT2D eigenvalue weighted by molar-refractivity contribution is -0.139. The van der Waals surface area contributed by atoms with Gasteiger partial charge in [0.15, 0.2) is 0 Å². The van der Waals surface area contributed by atoms with Crippen LogP contribution in [0, 0.1) is 6.92 Å². The van der Waals surface area contributed by atoms with Gasteiger partial charge in [-0.25, -0.2) is 9.59 Å². The van der Waals surface area contributed by atoms with Crippen molar-refractivity contribution >= 4 is 23.7 Å². The number of amides is 1. The Morgan fingerprint density at radius 3 is 2.23 bits per heavy atom. The van der Waals surface area contributed by atoms with Crippen LogP contribution in [-0.2, 0) is 16.0 Å². The number of halogens is 1. The molecule has 0 radical (unpaired) electrons. The summed E-state index contributed by atoms with van der Waals surface area (Å²) < 4.78 is 5.46. The second-order valence-electron chi connectivity index (χ2n) is 7.66. The number of fused-ring (bicyclic) bond motifs is 3. The largest absolute Gasteiger partial charge is 0.480 e. The third-order valence-corrected chi connectivity index (χ3v) is 5.92. The van der Waals surface area contributed by atoms with Gasteiger partial charge in [-0.2, -0.15) is 0 Å². The van der Waals surface area contributed by atoms with Gasteiger partial charge in [0.2, 0.25) is 0 Å². The number of aliphatic carboxylic acids is 1. The van der Waals surface area contributed by atoms with Gasteiger partial charge in [0.05, 0.1) is 0 Å². The number of carboxylic acids is 1. The topological polar surface area (TPSA) is 75.6 Å². The molecule has 0 fully saturated rings. The van der Waals surface area contributed by atoms with E-state index in [4.69, 9.17) is 16.3 Å². The maximum Gasteiger partial charge on any atom is 0.407 e. The Balaban J connectivity index is 1.44. The van der Waals surface area contributed by atoms with Gasteiger partial charge in [0.1, 0.15) is 12.6 Å². The van der Waals surface area contributed by atoms with Crippen molar-refractivity contribution in [1.82, 2.24) is 5.32 Å². The lowest BCUT2D eigenvalue weighted by Gasteiger charge is -2.18. The molecule has 31 heavy (non-hydrogen) atoms. The molecule has 158 valence electrons. The minimum Gasteiger partial charge on any atom is -0.480 e. The van der Waals surface area contributed by atoms with Gasteiger partial charge in [0, 0.05) is 17.4 Å². The zero-order chi connectivity index (χ0) is 22.0. The van der Waals surface area contributed by atoms with E-state index in [9.17, 15) is 14.7 Å². The van der Waals surface area contributed by atoms with Gasteiger partial charge >= 0.3 is 12.1 Å². The number of rotatable bonds is 6. The van der Waals surface area contributed by atoms with Crippen molar-refractivity contribution in [2.24, 2.45) is 0 Å². The number of alkyl carbamates (subject to hydrolysis) is 1. The summed E-state index contributed by atoms with van der Waals surface area (Å²) in [5.74, 6) is -1.24. The molecular formula is C25H22ClNO4. The molecule has 1 atom stereocenters. The third kappa shape index (κ3) is 4.42. The fourth-order valence-electron chi connectivity index (χ4n) is 4.02. The molecular weight excluding hydrogens is 414 g/mol. The molecule has 1 aliphatic carbocycles. The van der Waals surface area contributed by atoms with Crippen molar-refractivity contribution in [2.75, 3.05) is 6.61 Å². The summed E-state index contributed by atoms with van der Waals surface area (Å²) in [5, 5.41) is 12.5. The monoisotopic (exact) mass is 435 g/mol. The molecule has 2 N–H and O–H groups in total. The maximum atomic E-state index is 12.4. The minimum atomic E-state index is -1.15.